The molecule has 0 spiro atoms. The zero-order valence-corrected chi connectivity index (χ0v) is 16.3. The van der Waals surface area contributed by atoms with E-state index in [0.29, 0.717) is 5.56 Å². The second-order valence-corrected chi connectivity index (χ2v) is 8.00. The Labute approximate surface area is 164 Å². The average Bonchev–Trinajstić information content (AvgIpc) is 2.69. The van der Waals surface area contributed by atoms with E-state index in [2.05, 4.69) is 4.98 Å². The van der Waals surface area contributed by atoms with Crippen LogP contribution >= 0.6 is 0 Å². The van der Waals surface area contributed by atoms with Crippen LogP contribution in [0.15, 0.2) is 64.4 Å². The lowest BCUT2D eigenvalue weighted by Crippen LogP contribution is -2.12. The van der Waals surface area contributed by atoms with Gasteiger partial charge in [0.15, 0.2) is 0 Å². The minimum Gasteiger partial charge on any atom is -0.477 e. The molecule has 7 heteroatoms. The number of rotatable bonds is 5. The van der Waals surface area contributed by atoms with Crippen molar-refractivity contribution in [3.8, 4) is 23.1 Å². The Balaban J connectivity index is 2.43. The van der Waals surface area contributed by atoms with Gasteiger partial charge in [0.1, 0.15) is 22.3 Å². The molecule has 0 aliphatic heterocycles. The highest BCUT2D eigenvalue weighted by Gasteiger charge is 2.30. The first kappa shape index (κ1) is 19.4. The molecule has 0 fully saturated rings. The molecular formula is C21H19N3O3S. The quantitative estimate of drug-likeness (QED) is 0.708. The summed E-state index contributed by atoms with van der Waals surface area (Å²) in [4.78, 5) is 3.96. The molecule has 0 bridgehead atoms. The van der Waals surface area contributed by atoms with Gasteiger partial charge in [-0.25, -0.2) is 8.42 Å². The van der Waals surface area contributed by atoms with Crippen molar-refractivity contribution in [2.75, 3.05) is 12.3 Å². The molecule has 0 aliphatic carbocycles. The van der Waals surface area contributed by atoms with Crippen LogP contribution in [0.5, 0.6) is 5.88 Å². The molecule has 6 nitrogen and oxygen atoms in total. The maximum absolute atomic E-state index is 13.4. The van der Waals surface area contributed by atoms with Crippen LogP contribution in [-0.4, -0.2) is 20.0 Å². The SMILES string of the molecule is CCOc1nc(N)c(S(=O)(=O)c2ccccc2)c(-c2ccc(C)cc2)c1C#N. The Morgan fingerprint density at radius 3 is 2.32 bits per heavy atom. The lowest BCUT2D eigenvalue weighted by molar-refractivity contribution is 0.326. The number of benzene rings is 2. The Kier molecular flexibility index (Phi) is 5.34. The van der Waals surface area contributed by atoms with Crippen molar-refractivity contribution in [2.45, 2.75) is 23.6 Å². The predicted molar refractivity (Wildman–Crippen MR) is 107 cm³/mol. The molecule has 0 aliphatic rings. The number of sulfone groups is 1. The molecule has 2 N–H and O–H groups in total. The fourth-order valence-electron chi connectivity index (χ4n) is 2.89. The number of nitriles is 1. The average molecular weight is 393 g/mol. The minimum atomic E-state index is -4.02. The van der Waals surface area contributed by atoms with E-state index < -0.39 is 9.84 Å². The van der Waals surface area contributed by atoms with E-state index in [4.69, 9.17) is 10.5 Å². The third kappa shape index (κ3) is 3.42. The Morgan fingerprint density at radius 1 is 1.11 bits per heavy atom. The second-order valence-electron chi connectivity index (χ2n) is 6.11. The van der Waals surface area contributed by atoms with Crippen LogP contribution in [0.25, 0.3) is 11.1 Å². The predicted octanol–water partition coefficient (Wildman–Crippen LogP) is 3.74. The van der Waals surface area contributed by atoms with Gasteiger partial charge in [-0.15, -0.1) is 0 Å². The fourth-order valence-corrected chi connectivity index (χ4v) is 4.46. The van der Waals surface area contributed by atoms with E-state index in [-0.39, 0.29) is 39.2 Å². The molecule has 0 radical (unpaired) electrons. The van der Waals surface area contributed by atoms with Crippen LogP contribution in [0.1, 0.15) is 18.1 Å². The molecule has 0 amide bonds. The van der Waals surface area contributed by atoms with Crippen molar-refractivity contribution >= 4 is 15.7 Å². The van der Waals surface area contributed by atoms with Gasteiger partial charge < -0.3 is 10.5 Å². The van der Waals surface area contributed by atoms with Gasteiger partial charge in [-0.2, -0.15) is 10.2 Å². The normalized spacial score (nSPS) is 11.0. The first-order chi connectivity index (χ1) is 13.4. The number of nitrogens with two attached hydrogens (primary N) is 1. The Bertz CT molecular complexity index is 1150. The number of nitrogens with zero attached hydrogens (tertiary/aromatic N) is 2. The van der Waals surface area contributed by atoms with Crippen molar-refractivity contribution in [1.29, 1.82) is 5.26 Å². The molecule has 1 heterocycles. The van der Waals surface area contributed by atoms with Crippen LogP contribution in [0.4, 0.5) is 5.82 Å². The molecule has 0 saturated carbocycles. The summed E-state index contributed by atoms with van der Waals surface area (Å²) in [5, 5.41) is 9.79. The number of hydrogen-bond donors (Lipinski definition) is 1. The van der Waals surface area contributed by atoms with Crippen molar-refractivity contribution in [2.24, 2.45) is 0 Å². The van der Waals surface area contributed by atoms with Gasteiger partial charge in [0, 0.05) is 5.56 Å². The van der Waals surface area contributed by atoms with E-state index in [1.165, 1.54) is 12.1 Å². The fraction of sp³-hybridized carbons (Fsp3) is 0.143. The van der Waals surface area contributed by atoms with Crippen LogP contribution in [0.2, 0.25) is 0 Å². The maximum Gasteiger partial charge on any atom is 0.234 e. The number of aryl methyl sites for hydroxylation is 1. The summed E-state index contributed by atoms with van der Waals surface area (Å²) in [7, 11) is -4.02. The zero-order chi connectivity index (χ0) is 20.3. The van der Waals surface area contributed by atoms with Gasteiger partial charge in [-0.1, -0.05) is 48.0 Å². The smallest absolute Gasteiger partial charge is 0.234 e. The Hall–Kier alpha value is -3.37. The van der Waals surface area contributed by atoms with Crippen molar-refractivity contribution in [1.82, 2.24) is 4.98 Å². The molecule has 3 aromatic rings. The lowest BCUT2D eigenvalue weighted by atomic mass is 10.0. The van der Waals surface area contributed by atoms with E-state index in [1.54, 1.807) is 37.3 Å². The molecule has 0 unspecified atom stereocenters. The second kappa shape index (κ2) is 7.71. The van der Waals surface area contributed by atoms with E-state index in [1.807, 2.05) is 25.1 Å². The third-order valence-electron chi connectivity index (χ3n) is 4.20. The number of anilines is 1. The summed E-state index contributed by atoms with van der Waals surface area (Å²) in [5.41, 5.74) is 7.87. The maximum atomic E-state index is 13.4. The highest BCUT2D eigenvalue weighted by molar-refractivity contribution is 7.91. The van der Waals surface area contributed by atoms with Crippen LogP contribution in [0.3, 0.4) is 0 Å². The summed E-state index contributed by atoms with van der Waals surface area (Å²) in [6, 6.07) is 17.2. The highest BCUT2D eigenvalue weighted by atomic mass is 32.2. The van der Waals surface area contributed by atoms with E-state index >= 15 is 0 Å². The highest BCUT2D eigenvalue weighted by Crippen LogP contribution is 2.40. The molecular weight excluding hydrogens is 374 g/mol. The monoisotopic (exact) mass is 393 g/mol. The largest absolute Gasteiger partial charge is 0.477 e. The number of aromatic nitrogens is 1. The molecule has 1 aromatic heterocycles. The van der Waals surface area contributed by atoms with Gasteiger partial charge >= 0.3 is 0 Å². The Morgan fingerprint density at radius 2 is 1.75 bits per heavy atom. The van der Waals surface area contributed by atoms with Crippen LogP contribution in [0, 0.1) is 18.3 Å². The topological polar surface area (TPSA) is 106 Å². The first-order valence-electron chi connectivity index (χ1n) is 8.63. The number of ether oxygens (including phenoxy) is 1. The van der Waals surface area contributed by atoms with Gasteiger partial charge in [-0.05, 0) is 31.5 Å². The molecule has 3 rings (SSSR count). The van der Waals surface area contributed by atoms with Gasteiger partial charge in [0.05, 0.1) is 11.5 Å². The van der Waals surface area contributed by atoms with Gasteiger partial charge in [0.2, 0.25) is 15.7 Å². The summed E-state index contributed by atoms with van der Waals surface area (Å²) in [5.74, 6) is -0.188. The summed E-state index contributed by atoms with van der Waals surface area (Å²) in [6.45, 7) is 3.93. The van der Waals surface area contributed by atoms with Crippen molar-refractivity contribution < 1.29 is 13.2 Å². The lowest BCUT2D eigenvalue weighted by Gasteiger charge is -2.17. The van der Waals surface area contributed by atoms with Crippen LogP contribution in [-0.2, 0) is 9.84 Å². The van der Waals surface area contributed by atoms with Crippen molar-refractivity contribution in [3.63, 3.8) is 0 Å². The molecule has 28 heavy (non-hydrogen) atoms. The number of hydrogen-bond acceptors (Lipinski definition) is 6. The molecule has 2 aromatic carbocycles. The van der Waals surface area contributed by atoms with E-state index in [9.17, 15) is 13.7 Å². The van der Waals surface area contributed by atoms with Crippen LogP contribution < -0.4 is 10.5 Å². The summed E-state index contributed by atoms with van der Waals surface area (Å²) < 4.78 is 32.2. The van der Waals surface area contributed by atoms with Gasteiger partial charge in [-0.3, -0.25) is 0 Å². The summed E-state index contributed by atoms with van der Waals surface area (Å²) in [6.07, 6.45) is 0. The molecule has 0 atom stereocenters. The number of nitrogen functional groups attached to an aromatic ring is 1. The van der Waals surface area contributed by atoms with Gasteiger partial charge in [0.25, 0.3) is 0 Å². The van der Waals surface area contributed by atoms with E-state index in [0.717, 1.165) is 5.56 Å². The first-order valence-corrected chi connectivity index (χ1v) is 10.1. The molecule has 0 saturated heterocycles. The molecule has 142 valence electrons. The number of pyridine rings is 1. The summed E-state index contributed by atoms with van der Waals surface area (Å²) >= 11 is 0. The minimum absolute atomic E-state index is 0.0186. The zero-order valence-electron chi connectivity index (χ0n) is 15.5. The third-order valence-corrected chi connectivity index (χ3v) is 6.04. The van der Waals surface area contributed by atoms with Crippen molar-refractivity contribution in [3.05, 3.63) is 65.7 Å². The standard InChI is InChI=1S/C21H19N3O3S/c1-3-27-21-17(13-22)18(15-11-9-14(2)10-12-15)19(20(23)24-21)28(25,26)16-7-5-4-6-8-16/h4-12H,3H2,1-2H3,(H2,23,24).